The number of hydrogen-bond acceptors (Lipinski definition) is 3. The van der Waals surface area contributed by atoms with Crippen molar-refractivity contribution in [2.75, 3.05) is 18.0 Å². The Morgan fingerprint density at radius 2 is 1.94 bits per heavy atom. The highest BCUT2D eigenvalue weighted by Crippen LogP contribution is 2.22. The first kappa shape index (κ1) is 14.0. The van der Waals surface area contributed by atoms with Crippen LogP contribution in [0.25, 0.3) is 0 Å². The Morgan fingerprint density at radius 1 is 1.28 bits per heavy atom. The van der Waals surface area contributed by atoms with Crippen molar-refractivity contribution in [2.45, 2.75) is 38.6 Å². The second kappa shape index (κ2) is 5.71. The summed E-state index contributed by atoms with van der Waals surface area (Å²) in [5, 5.41) is 0. The maximum Gasteiger partial charge on any atom is 0.184 e. The van der Waals surface area contributed by atoms with Crippen molar-refractivity contribution in [2.24, 2.45) is 0 Å². The van der Waals surface area contributed by atoms with Gasteiger partial charge in [0.25, 0.3) is 0 Å². The van der Waals surface area contributed by atoms with E-state index in [1.165, 1.54) is 0 Å². The van der Waals surface area contributed by atoms with E-state index in [4.69, 9.17) is 4.43 Å². The highest BCUT2D eigenvalue weighted by molar-refractivity contribution is 9.10. The van der Waals surface area contributed by atoms with Crippen LogP contribution in [0.4, 0.5) is 5.82 Å². The highest BCUT2D eigenvalue weighted by Gasteiger charge is 2.25. The van der Waals surface area contributed by atoms with Gasteiger partial charge in [-0.25, -0.2) is 4.98 Å². The van der Waals surface area contributed by atoms with Gasteiger partial charge >= 0.3 is 0 Å². The lowest BCUT2D eigenvalue weighted by molar-refractivity contribution is 0.163. The minimum absolute atomic E-state index is 0.448. The second-order valence-corrected chi connectivity index (χ2v) is 11.1. The number of hydrogen-bond donors (Lipinski definition) is 0. The summed E-state index contributed by atoms with van der Waals surface area (Å²) >= 11 is 3.42. The van der Waals surface area contributed by atoms with Crippen molar-refractivity contribution in [3.63, 3.8) is 0 Å². The van der Waals surface area contributed by atoms with Crippen LogP contribution in [0.1, 0.15) is 12.8 Å². The Kier molecular flexibility index (Phi) is 4.45. The van der Waals surface area contributed by atoms with E-state index < -0.39 is 8.32 Å². The summed E-state index contributed by atoms with van der Waals surface area (Å²) in [6.07, 6.45) is 4.53. The van der Waals surface area contributed by atoms with Crippen LogP contribution in [-0.4, -0.2) is 32.5 Å². The van der Waals surface area contributed by atoms with Crippen LogP contribution in [0.3, 0.4) is 0 Å². The summed E-state index contributed by atoms with van der Waals surface area (Å²) in [5.41, 5.74) is 0. The number of aromatic nitrogens is 1. The molecule has 0 aliphatic carbocycles. The topological polar surface area (TPSA) is 25.4 Å². The van der Waals surface area contributed by atoms with Gasteiger partial charge in [-0.1, -0.05) is 0 Å². The van der Waals surface area contributed by atoms with Gasteiger partial charge in [-0.15, -0.1) is 0 Å². The number of halogens is 1. The average Bonchev–Trinajstić information content (AvgIpc) is 2.29. The van der Waals surface area contributed by atoms with Crippen molar-refractivity contribution in [1.82, 2.24) is 4.98 Å². The Bertz CT molecular complexity index is 383. The predicted octanol–water partition coefficient (Wildman–Crippen LogP) is 3.66. The van der Waals surface area contributed by atoms with Crippen molar-refractivity contribution >= 4 is 30.1 Å². The first-order valence-electron chi connectivity index (χ1n) is 6.48. The molecule has 1 aliphatic heterocycles. The average molecular weight is 329 g/mol. The lowest BCUT2D eigenvalue weighted by atomic mass is 10.1. The summed E-state index contributed by atoms with van der Waals surface area (Å²) in [6, 6.07) is 4.12. The highest BCUT2D eigenvalue weighted by atomic mass is 79.9. The van der Waals surface area contributed by atoms with E-state index in [-0.39, 0.29) is 0 Å². The number of piperidine rings is 1. The van der Waals surface area contributed by atoms with Gasteiger partial charge in [-0.3, -0.25) is 0 Å². The zero-order chi connectivity index (χ0) is 13.2. The molecular formula is C13H21BrN2OSi. The summed E-state index contributed by atoms with van der Waals surface area (Å²) in [5.74, 6) is 1.07. The van der Waals surface area contributed by atoms with Crippen LogP contribution in [0.15, 0.2) is 22.8 Å². The molecule has 0 radical (unpaired) electrons. The third-order valence-corrected chi connectivity index (χ3v) is 4.51. The molecule has 1 aromatic rings. The van der Waals surface area contributed by atoms with Gasteiger partial charge in [0.15, 0.2) is 8.32 Å². The van der Waals surface area contributed by atoms with Crippen molar-refractivity contribution < 1.29 is 4.43 Å². The molecule has 18 heavy (non-hydrogen) atoms. The number of anilines is 1. The van der Waals surface area contributed by atoms with Crippen LogP contribution in [0.2, 0.25) is 19.6 Å². The van der Waals surface area contributed by atoms with Gasteiger partial charge < -0.3 is 9.33 Å². The first-order valence-corrected chi connectivity index (χ1v) is 10.7. The smallest absolute Gasteiger partial charge is 0.184 e. The molecule has 1 fully saturated rings. The molecule has 0 N–H and O–H groups in total. The fourth-order valence-electron chi connectivity index (χ4n) is 2.26. The molecule has 100 valence electrons. The molecule has 5 heteroatoms. The first-order chi connectivity index (χ1) is 8.44. The van der Waals surface area contributed by atoms with Crippen molar-refractivity contribution in [3.8, 4) is 0 Å². The molecule has 0 bridgehead atoms. The fraction of sp³-hybridized carbons (Fsp3) is 0.615. The third kappa shape index (κ3) is 4.07. The van der Waals surface area contributed by atoms with Crippen LogP contribution < -0.4 is 4.90 Å². The second-order valence-electron chi connectivity index (χ2n) is 5.75. The largest absolute Gasteiger partial charge is 0.415 e. The number of pyridine rings is 1. The van der Waals surface area contributed by atoms with Crippen LogP contribution in [0, 0.1) is 0 Å². The maximum atomic E-state index is 6.17. The molecule has 3 nitrogen and oxygen atoms in total. The van der Waals surface area contributed by atoms with Gasteiger partial charge in [-0.2, -0.15) is 0 Å². The van der Waals surface area contributed by atoms with Crippen molar-refractivity contribution in [1.29, 1.82) is 0 Å². The lowest BCUT2D eigenvalue weighted by Crippen LogP contribution is -2.41. The van der Waals surface area contributed by atoms with E-state index in [2.05, 4.69) is 51.5 Å². The zero-order valence-corrected chi connectivity index (χ0v) is 13.9. The van der Waals surface area contributed by atoms with Gasteiger partial charge in [0.2, 0.25) is 0 Å². The quantitative estimate of drug-likeness (QED) is 0.791. The van der Waals surface area contributed by atoms with E-state index in [0.29, 0.717) is 6.10 Å². The summed E-state index contributed by atoms with van der Waals surface area (Å²) < 4.78 is 7.20. The van der Waals surface area contributed by atoms with Crippen molar-refractivity contribution in [3.05, 3.63) is 22.8 Å². The van der Waals surface area contributed by atoms with E-state index in [1.54, 1.807) is 0 Å². The van der Waals surface area contributed by atoms with Gasteiger partial charge in [0.1, 0.15) is 5.82 Å². The molecular weight excluding hydrogens is 308 g/mol. The summed E-state index contributed by atoms with van der Waals surface area (Å²) in [6.45, 7) is 8.87. The Balaban J connectivity index is 1.88. The molecule has 0 spiro atoms. The normalized spacial score (nSPS) is 18.1. The minimum atomic E-state index is -1.39. The predicted molar refractivity (Wildman–Crippen MR) is 81.6 cm³/mol. The maximum absolute atomic E-state index is 6.17. The summed E-state index contributed by atoms with van der Waals surface area (Å²) in [7, 11) is -1.39. The Morgan fingerprint density at radius 3 is 2.44 bits per heavy atom. The van der Waals surface area contributed by atoms with Gasteiger partial charge in [0, 0.05) is 29.9 Å². The molecule has 2 heterocycles. The van der Waals surface area contributed by atoms with E-state index in [9.17, 15) is 0 Å². The molecule has 0 amide bonds. The molecule has 0 saturated carbocycles. The van der Waals surface area contributed by atoms with E-state index in [1.807, 2.05) is 12.3 Å². The van der Waals surface area contributed by atoms with Crippen LogP contribution >= 0.6 is 15.9 Å². The van der Waals surface area contributed by atoms with E-state index in [0.717, 1.165) is 36.2 Å². The lowest BCUT2D eigenvalue weighted by Gasteiger charge is -2.35. The molecule has 0 unspecified atom stereocenters. The van der Waals surface area contributed by atoms with Crippen LogP contribution in [0.5, 0.6) is 0 Å². The van der Waals surface area contributed by atoms with Crippen LogP contribution in [-0.2, 0) is 4.43 Å². The molecule has 2 rings (SSSR count). The minimum Gasteiger partial charge on any atom is -0.415 e. The summed E-state index contributed by atoms with van der Waals surface area (Å²) in [4.78, 5) is 6.79. The fourth-order valence-corrected chi connectivity index (χ4v) is 3.73. The standard InChI is InChI=1S/C13H21BrN2OSi/c1-18(2,3)17-12-6-8-16(9-7-12)13-5-4-11(14)10-15-13/h4-5,10,12H,6-9H2,1-3H3. The Labute approximate surface area is 119 Å². The monoisotopic (exact) mass is 328 g/mol. The van der Waals surface area contributed by atoms with E-state index >= 15 is 0 Å². The zero-order valence-electron chi connectivity index (χ0n) is 11.3. The number of nitrogens with zero attached hydrogens (tertiary/aromatic N) is 2. The molecule has 1 saturated heterocycles. The molecule has 1 aromatic heterocycles. The molecule has 1 aliphatic rings. The number of rotatable bonds is 3. The van der Waals surface area contributed by atoms with Gasteiger partial charge in [-0.05, 0) is 60.5 Å². The Hall–Kier alpha value is -0.393. The SMILES string of the molecule is C[Si](C)(C)OC1CCN(c2ccc(Br)cn2)CC1. The third-order valence-electron chi connectivity index (χ3n) is 3.00. The molecule has 0 aromatic carbocycles. The van der Waals surface area contributed by atoms with Gasteiger partial charge in [0.05, 0.1) is 0 Å². The molecule has 0 atom stereocenters.